The minimum absolute atomic E-state index is 0.0405. The van der Waals surface area contributed by atoms with Gasteiger partial charge in [0.1, 0.15) is 57.5 Å². The molecular weight excluding hydrogens is 1580 g/mol. The molecule has 0 spiro atoms. The summed E-state index contributed by atoms with van der Waals surface area (Å²) in [6.07, 6.45) is 6.81. The maximum atomic E-state index is 14.1. The van der Waals surface area contributed by atoms with Gasteiger partial charge in [0.15, 0.2) is 34.7 Å². The molecule has 0 saturated carbocycles. The monoisotopic (exact) mass is 1670 g/mol. The molecular formula is C104H93Cl2FO15. The fourth-order valence-electron chi connectivity index (χ4n) is 16.5. The fourth-order valence-corrected chi connectivity index (χ4v) is 17.2. The van der Waals surface area contributed by atoms with Crippen molar-refractivity contribution in [3.8, 4) is 63.2 Å². The molecule has 0 heterocycles. The van der Waals surface area contributed by atoms with Crippen LogP contribution >= 0.6 is 23.2 Å². The van der Waals surface area contributed by atoms with Gasteiger partial charge in [0, 0.05) is 55.7 Å². The number of phenolic OH excluding ortho intramolecular Hbond substituents is 3. The first-order chi connectivity index (χ1) is 59.1. The van der Waals surface area contributed by atoms with Crippen LogP contribution < -0.4 is 37.9 Å². The lowest BCUT2D eigenvalue weighted by Gasteiger charge is -2.25. The topological polar surface area (TPSA) is 203 Å². The van der Waals surface area contributed by atoms with E-state index in [1.807, 2.05) is 110 Å². The second-order valence-corrected chi connectivity index (χ2v) is 30.3. The van der Waals surface area contributed by atoms with E-state index >= 15 is 0 Å². The molecule has 15 nitrogen and oxygen atoms in total. The van der Waals surface area contributed by atoms with Gasteiger partial charge in [-0.05, 0) is 330 Å². The summed E-state index contributed by atoms with van der Waals surface area (Å²) in [7, 11) is 12.8. The first-order valence-electron chi connectivity index (χ1n) is 40.0. The Hall–Kier alpha value is -13.4. The molecule has 0 aromatic heterocycles. The molecule has 16 rings (SSSR count). The number of benzene rings is 12. The van der Waals surface area contributed by atoms with E-state index in [0.29, 0.717) is 74.7 Å². The van der Waals surface area contributed by atoms with Gasteiger partial charge in [-0.25, -0.2) is 4.39 Å². The predicted octanol–water partition coefficient (Wildman–Crippen LogP) is 23.5. The molecule has 0 fully saturated rings. The zero-order chi connectivity index (χ0) is 86.6. The summed E-state index contributed by atoms with van der Waals surface area (Å²) in [6.45, 7) is 6.23. The average Bonchev–Trinajstić information content (AvgIpc) is 0.767. The number of aromatic hydroxyl groups is 3. The normalized spacial score (nSPS) is 13.0. The van der Waals surface area contributed by atoms with Crippen LogP contribution in [0.15, 0.2) is 237 Å². The number of hydrogen-bond donors (Lipinski definition) is 3. The van der Waals surface area contributed by atoms with E-state index in [1.54, 1.807) is 116 Å². The lowest BCUT2D eigenvalue weighted by Crippen LogP contribution is -2.13. The predicted molar refractivity (Wildman–Crippen MR) is 481 cm³/mol. The second kappa shape index (κ2) is 38.8. The van der Waals surface area contributed by atoms with E-state index in [4.69, 9.17) is 61.1 Å². The van der Waals surface area contributed by atoms with Gasteiger partial charge in [-0.2, -0.15) is 0 Å². The molecule has 4 aliphatic carbocycles. The highest BCUT2D eigenvalue weighted by Crippen LogP contribution is 2.49. The van der Waals surface area contributed by atoms with Gasteiger partial charge >= 0.3 is 0 Å². The van der Waals surface area contributed by atoms with Gasteiger partial charge < -0.3 is 53.2 Å². The van der Waals surface area contributed by atoms with Crippen LogP contribution in [-0.2, 0) is 32.1 Å². The van der Waals surface area contributed by atoms with Gasteiger partial charge in [-0.15, -0.1) is 0 Å². The summed E-state index contributed by atoms with van der Waals surface area (Å²) in [4.78, 5) is 54.7. The molecule has 122 heavy (non-hydrogen) atoms. The number of Topliss-reactive ketones (excluding diaryl/α,β-unsaturated/α-hetero) is 4. The molecule has 12 aromatic carbocycles. The van der Waals surface area contributed by atoms with Crippen LogP contribution in [0, 0.1) is 19.7 Å². The Balaban J connectivity index is 0.000000140. The maximum absolute atomic E-state index is 14.1. The Kier molecular flexibility index (Phi) is 27.5. The number of phenols is 3. The largest absolute Gasteiger partial charge is 0.508 e. The minimum Gasteiger partial charge on any atom is -0.508 e. The first-order valence-corrected chi connectivity index (χ1v) is 40.7. The molecule has 12 aromatic rings. The summed E-state index contributed by atoms with van der Waals surface area (Å²) < 4.78 is 57.1. The Morgan fingerprint density at radius 1 is 0.320 bits per heavy atom. The van der Waals surface area contributed by atoms with Gasteiger partial charge in [-0.1, -0.05) is 103 Å². The van der Waals surface area contributed by atoms with Crippen LogP contribution in [0.4, 0.5) is 4.39 Å². The summed E-state index contributed by atoms with van der Waals surface area (Å²) >= 11 is 13.1. The molecule has 0 atom stereocenters. The van der Waals surface area contributed by atoms with Crippen LogP contribution in [-0.4, -0.2) is 95.3 Å². The smallest absolute Gasteiger partial charge is 0.193 e. The van der Waals surface area contributed by atoms with E-state index in [2.05, 4.69) is 50.2 Å². The molecule has 4 aliphatic rings. The number of rotatable bonds is 21. The van der Waals surface area contributed by atoms with Crippen molar-refractivity contribution < 1.29 is 76.8 Å². The van der Waals surface area contributed by atoms with Crippen molar-refractivity contribution in [3.05, 3.63) is 358 Å². The van der Waals surface area contributed by atoms with E-state index in [9.17, 15) is 38.9 Å². The van der Waals surface area contributed by atoms with Crippen molar-refractivity contribution in [1.29, 1.82) is 0 Å². The Morgan fingerprint density at radius 3 is 1.07 bits per heavy atom. The van der Waals surface area contributed by atoms with E-state index in [1.165, 1.54) is 43.0 Å². The van der Waals surface area contributed by atoms with Crippen LogP contribution in [0.2, 0.25) is 10.0 Å². The summed E-state index contributed by atoms with van der Waals surface area (Å²) in [6, 6.07) is 70.4. The van der Waals surface area contributed by atoms with E-state index in [-0.39, 0.29) is 51.2 Å². The number of methoxy groups -OCH3 is 8. The van der Waals surface area contributed by atoms with E-state index < -0.39 is 5.82 Å². The second-order valence-electron chi connectivity index (χ2n) is 29.6. The number of fused-ring (bicyclic) bond motifs is 4. The van der Waals surface area contributed by atoms with Crippen LogP contribution in [0.3, 0.4) is 0 Å². The van der Waals surface area contributed by atoms with Crippen LogP contribution in [0.1, 0.15) is 157 Å². The van der Waals surface area contributed by atoms with Gasteiger partial charge in [0.2, 0.25) is 0 Å². The minimum atomic E-state index is -0.566. The third-order valence-electron chi connectivity index (χ3n) is 22.7. The highest BCUT2D eigenvalue weighted by atomic mass is 35.5. The van der Waals surface area contributed by atoms with Crippen LogP contribution in [0.25, 0.3) is 44.6 Å². The molecule has 0 aliphatic heterocycles. The van der Waals surface area contributed by atoms with E-state index in [0.717, 1.165) is 173 Å². The number of halogens is 3. The lowest BCUT2D eigenvalue weighted by atomic mass is 9.78. The number of aryl methyl sites for hydroxylation is 6. The molecule has 3 N–H and O–H groups in total. The highest BCUT2D eigenvalue weighted by Gasteiger charge is 2.34. The van der Waals surface area contributed by atoms with Crippen molar-refractivity contribution in [3.63, 3.8) is 0 Å². The van der Waals surface area contributed by atoms with Gasteiger partial charge in [0.25, 0.3) is 0 Å². The third-order valence-corrected chi connectivity index (χ3v) is 23.5. The number of ketones is 4. The van der Waals surface area contributed by atoms with Crippen molar-refractivity contribution in [2.75, 3.05) is 56.9 Å². The number of allylic oxidation sites excluding steroid dienone is 8. The van der Waals surface area contributed by atoms with Gasteiger partial charge in [0.05, 0.1) is 66.9 Å². The lowest BCUT2D eigenvalue weighted by molar-refractivity contribution is 0.104. The summed E-state index contributed by atoms with van der Waals surface area (Å²) in [5.74, 6) is 4.65. The van der Waals surface area contributed by atoms with Crippen molar-refractivity contribution >= 4 is 90.9 Å². The van der Waals surface area contributed by atoms with Gasteiger partial charge in [-0.3, -0.25) is 19.2 Å². The standard InChI is InChI=1S/C27H26O4.C27H26O3.C25H20ClFO4.C25H21ClO4/c1-4-17-15-21(30-2)10-13-23(17)25-12-7-19-16-22(31-3)11-14-24(19)26(25)27(29)18-5-8-20(28)9-6-18;1-17-9-15-22(18(2)27(17)30-4)24-16-12-19-7-5-6-8-23(19)25(24)26(28)20-10-13-21(29-3)14-11-20;1-30-17-8-10-18-15(13-17)5-9-19(20-11-12-21(27)25(31-2)23(20)26)22(18)24(29)14-3-6-16(28)7-4-14;1-29-18-11-13-19-16(14-18)8-12-20(21-4-3-5-22(30-2)24(21)26)23(19)25(28)15-6-9-17(27)10-7-15/h5-6,8-11,13-16,28H,4,7,12H2,1-3H3;5-11,13-15H,12,16H2,1-4H3;3-4,6-8,10-13,28H,5,9H2,1-2H3;3-7,9-11,13-14,27H,8,12H2,1-2H3. The Morgan fingerprint density at radius 2 is 0.656 bits per heavy atom. The zero-order valence-electron chi connectivity index (χ0n) is 69.8. The third kappa shape index (κ3) is 18.2. The SMILES string of the molecule is CCc1cc(OC)ccc1C1=C(C(=O)c2ccc(O)cc2)c2ccc(OC)cc2CC1.COc1ccc(C(=O)C2=C(c3ccc(C)c(OC)c3C)CCc3ccccc32)cc1.COc1ccc2c(c1)CCC(c1ccc(F)c(OC)c1Cl)=C2C(=O)c1ccc(O)cc1.COc1ccc2c(c1)CCC(c1cccc(OC)c1Cl)=C2C(=O)c1ccc(O)cc1. The number of hydrogen-bond acceptors (Lipinski definition) is 15. The Labute approximate surface area is 720 Å². The van der Waals surface area contributed by atoms with Crippen LogP contribution in [0.5, 0.6) is 63.2 Å². The Bertz CT molecular complexity index is 6130. The molecule has 0 saturated heterocycles. The number of carbonyl (C=O) groups excluding carboxylic acids is 4. The molecule has 620 valence electrons. The maximum Gasteiger partial charge on any atom is 0.193 e. The van der Waals surface area contributed by atoms with Crippen molar-refractivity contribution in [2.24, 2.45) is 0 Å². The fraction of sp³-hybridized carbons (Fsp3) is 0.192. The molecule has 0 bridgehead atoms. The average molecular weight is 1670 g/mol. The molecule has 0 amide bonds. The van der Waals surface area contributed by atoms with Crippen molar-refractivity contribution in [2.45, 2.75) is 78.6 Å². The zero-order valence-corrected chi connectivity index (χ0v) is 71.3. The summed E-state index contributed by atoms with van der Waals surface area (Å²) in [5, 5.41) is 29.5. The molecule has 0 radical (unpaired) electrons. The molecule has 18 heteroatoms. The highest BCUT2D eigenvalue weighted by molar-refractivity contribution is 6.40. The quantitative estimate of drug-likeness (QED) is 0.0573. The van der Waals surface area contributed by atoms with Crippen molar-refractivity contribution in [1.82, 2.24) is 0 Å². The molecule has 0 unspecified atom stereocenters. The number of carbonyl (C=O) groups is 4. The first kappa shape index (κ1) is 86.4. The summed E-state index contributed by atoms with van der Waals surface area (Å²) in [5.41, 5.74) is 23.3. The number of ether oxygens (including phenoxy) is 8.